The molecule has 0 fully saturated rings. The van der Waals surface area contributed by atoms with Gasteiger partial charge in [0.15, 0.2) is 0 Å². The van der Waals surface area contributed by atoms with Gasteiger partial charge in [-0.2, -0.15) is 0 Å². The molecule has 2 amide bonds. The summed E-state index contributed by atoms with van der Waals surface area (Å²) in [6.45, 7) is -1.91. The maximum atomic E-state index is 12.2. The maximum Gasteiger partial charge on any atom is 0.326 e. The average molecular weight is 298 g/mol. The van der Waals surface area contributed by atoms with Gasteiger partial charge in [-0.15, -0.1) is 0 Å². The largest absolute Gasteiger partial charge is 0.481 e. The fourth-order valence-electron chi connectivity index (χ4n) is 1.33. The fraction of sp³-hybridized carbons (Fsp3) is 0.700. The van der Waals surface area contributed by atoms with Crippen LogP contribution in [0.25, 0.3) is 0 Å². The minimum Gasteiger partial charge on any atom is -0.481 e. The van der Waals surface area contributed by atoms with Crippen molar-refractivity contribution in [1.29, 1.82) is 0 Å². The Morgan fingerprint density at radius 3 is 2.20 bits per heavy atom. The van der Waals surface area contributed by atoms with Crippen molar-refractivity contribution >= 4 is 18.0 Å². The van der Waals surface area contributed by atoms with Gasteiger partial charge >= 0.3 is 18.0 Å². The number of carboxylic acids is 2. The predicted octanol–water partition coefficient (Wildman–Crippen LogP) is -0.427. The van der Waals surface area contributed by atoms with Crippen LogP contribution >= 0.6 is 0 Å². The van der Waals surface area contributed by atoms with E-state index in [-0.39, 0.29) is 13.0 Å². The zero-order valence-electron chi connectivity index (χ0n) is 10.5. The molecule has 0 rings (SSSR count). The Balaban J connectivity index is 4.60. The molecule has 0 aliphatic rings. The monoisotopic (exact) mass is 298 g/mol. The number of nitrogens with zero attached hydrogens (tertiary/aromatic N) is 1. The number of carbonyl (C=O) groups excluding carboxylic acids is 1. The number of alkyl halides is 2. The summed E-state index contributed by atoms with van der Waals surface area (Å²) in [6, 6.07) is -2.60. The first kappa shape index (κ1) is 18.0. The first-order chi connectivity index (χ1) is 9.27. The predicted molar refractivity (Wildman–Crippen MR) is 61.5 cm³/mol. The van der Waals surface area contributed by atoms with Gasteiger partial charge in [-0.25, -0.2) is 18.4 Å². The van der Waals surface area contributed by atoms with E-state index in [1.54, 1.807) is 0 Å². The smallest absolute Gasteiger partial charge is 0.326 e. The van der Waals surface area contributed by atoms with Crippen molar-refractivity contribution < 1.29 is 38.5 Å². The Morgan fingerprint density at radius 1 is 1.20 bits per heavy atom. The van der Waals surface area contributed by atoms with Gasteiger partial charge in [0, 0.05) is 13.0 Å². The molecule has 0 aromatic heterocycles. The third kappa shape index (κ3) is 7.46. The molecule has 0 unspecified atom stereocenters. The fourth-order valence-corrected chi connectivity index (χ4v) is 1.33. The second kappa shape index (κ2) is 9.02. The molecule has 8 nitrogen and oxygen atoms in total. The highest BCUT2D eigenvalue weighted by molar-refractivity contribution is 5.83. The lowest BCUT2D eigenvalue weighted by Crippen LogP contribution is -2.50. The van der Waals surface area contributed by atoms with Gasteiger partial charge in [0.1, 0.15) is 6.04 Å². The van der Waals surface area contributed by atoms with E-state index < -0.39 is 50.0 Å². The lowest BCUT2D eigenvalue weighted by atomic mass is 10.1. The minimum atomic E-state index is -2.84. The molecule has 20 heavy (non-hydrogen) atoms. The second-order valence-corrected chi connectivity index (χ2v) is 3.83. The Kier molecular flexibility index (Phi) is 8.13. The van der Waals surface area contributed by atoms with E-state index in [2.05, 4.69) is 0 Å². The Morgan fingerprint density at radius 2 is 1.80 bits per heavy atom. The van der Waals surface area contributed by atoms with E-state index in [9.17, 15) is 23.2 Å². The molecule has 0 heterocycles. The van der Waals surface area contributed by atoms with E-state index in [0.29, 0.717) is 4.90 Å². The molecule has 0 saturated carbocycles. The van der Waals surface area contributed by atoms with Crippen molar-refractivity contribution in [3.05, 3.63) is 0 Å². The van der Waals surface area contributed by atoms with Crippen LogP contribution in [-0.2, 0) is 9.59 Å². The van der Waals surface area contributed by atoms with Gasteiger partial charge in [0.2, 0.25) is 0 Å². The van der Waals surface area contributed by atoms with Crippen molar-refractivity contribution in [2.75, 3.05) is 19.7 Å². The van der Waals surface area contributed by atoms with Crippen LogP contribution in [0.1, 0.15) is 12.8 Å². The van der Waals surface area contributed by atoms with Gasteiger partial charge < -0.3 is 25.5 Å². The second-order valence-electron chi connectivity index (χ2n) is 3.83. The lowest BCUT2D eigenvalue weighted by molar-refractivity contribution is -0.140. The van der Waals surface area contributed by atoms with Gasteiger partial charge in [0.05, 0.1) is 13.2 Å². The molecule has 116 valence electrons. The molecule has 0 aliphatic carbocycles. The molecule has 4 N–H and O–H groups in total. The number of hydrogen-bond donors (Lipinski definition) is 4. The molecule has 10 heteroatoms. The highest BCUT2D eigenvalue weighted by atomic mass is 19.3. The number of rotatable bonds is 9. The van der Waals surface area contributed by atoms with E-state index in [1.165, 1.54) is 0 Å². The molecule has 0 spiro atoms. The number of nitrogens with one attached hydrogen (secondary N) is 1. The number of hydrogen-bond acceptors (Lipinski definition) is 4. The van der Waals surface area contributed by atoms with Crippen molar-refractivity contribution in [1.82, 2.24) is 10.2 Å². The Bertz CT molecular complexity index is 353. The van der Waals surface area contributed by atoms with Gasteiger partial charge in [0.25, 0.3) is 6.43 Å². The van der Waals surface area contributed by atoms with Gasteiger partial charge in [-0.3, -0.25) is 4.79 Å². The van der Waals surface area contributed by atoms with E-state index in [4.69, 9.17) is 15.3 Å². The highest BCUT2D eigenvalue weighted by Gasteiger charge is 2.25. The molecule has 0 saturated heterocycles. The van der Waals surface area contributed by atoms with Crippen LogP contribution in [0.3, 0.4) is 0 Å². The van der Waals surface area contributed by atoms with Crippen LogP contribution in [0.4, 0.5) is 13.6 Å². The molecular weight excluding hydrogens is 282 g/mol. The number of urea groups is 1. The van der Waals surface area contributed by atoms with Crippen molar-refractivity contribution in [3.8, 4) is 0 Å². The van der Waals surface area contributed by atoms with Crippen LogP contribution in [-0.4, -0.2) is 70.4 Å². The minimum absolute atomic E-state index is 0.377. The van der Waals surface area contributed by atoms with Crippen molar-refractivity contribution in [2.45, 2.75) is 25.3 Å². The zero-order chi connectivity index (χ0) is 15.7. The summed E-state index contributed by atoms with van der Waals surface area (Å²) in [5, 5.41) is 27.8. The molecule has 0 aliphatic heterocycles. The summed E-state index contributed by atoms with van der Waals surface area (Å²) < 4.78 is 24.4. The normalized spacial score (nSPS) is 12.0. The van der Waals surface area contributed by atoms with E-state index in [1.807, 2.05) is 5.32 Å². The number of aliphatic hydroxyl groups is 1. The first-order valence-electron chi connectivity index (χ1n) is 5.67. The number of halogens is 2. The quantitative estimate of drug-likeness (QED) is 0.457. The molecule has 0 radical (unpaired) electrons. The molecule has 1 atom stereocenters. The number of carbonyl (C=O) groups is 3. The van der Waals surface area contributed by atoms with Crippen LogP contribution < -0.4 is 5.32 Å². The summed E-state index contributed by atoms with van der Waals surface area (Å²) in [7, 11) is 0. The van der Waals surface area contributed by atoms with Crippen molar-refractivity contribution in [3.63, 3.8) is 0 Å². The molecule has 0 aromatic rings. The Hall–Kier alpha value is -1.97. The highest BCUT2D eigenvalue weighted by Crippen LogP contribution is 2.02. The number of amides is 2. The Labute approximate surface area is 113 Å². The third-order valence-electron chi connectivity index (χ3n) is 2.26. The molecular formula is C10H16F2N2O6. The van der Waals surface area contributed by atoms with E-state index >= 15 is 0 Å². The van der Waals surface area contributed by atoms with Crippen LogP contribution in [0, 0.1) is 0 Å². The molecule has 0 aromatic carbocycles. The lowest BCUT2D eigenvalue weighted by Gasteiger charge is -2.24. The molecule has 0 bridgehead atoms. The topological polar surface area (TPSA) is 127 Å². The van der Waals surface area contributed by atoms with Crippen LogP contribution in [0.2, 0.25) is 0 Å². The first-order valence-corrected chi connectivity index (χ1v) is 5.67. The summed E-state index contributed by atoms with van der Waals surface area (Å²) in [4.78, 5) is 33.3. The van der Waals surface area contributed by atoms with Crippen molar-refractivity contribution in [2.24, 2.45) is 0 Å². The summed E-state index contributed by atoms with van der Waals surface area (Å²) in [5.74, 6) is -2.72. The average Bonchev–Trinajstić information content (AvgIpc) is 2.32. The number of aliphatic hydroxyl groups excluding tert-OH is 1. The SMILES string of the molecule is O=C(O)CC[C@H](NC(=O)N(CCO)CC(F)F)C(=O)O. The zero-order valence-corrected chi connectivity index (χ0v) is 10.5. The van der Waals surface area contributed by atoms with Crippen LogP contribution in [0.15, 0.2) is 0 Å². The summed E-state index contributed by atoms with van der Waals surface area (Å²) >= 11 is 0. The van der Waals surface area contributed by atoms with E-state index in [0.717, 1.165) is 0 Å². The maximum absolute atomic E-state index is 12.2. The number of aliphatic carboxylic acids is 2. The van der Waals surface area contributed by atoms with Gasteiger partial charge in [-0.05, 0) is 6.42 Å². The number of carboxylic acid groups (broad SMARTS) is 2. The summed E-state index contributed by atoms with van der Waals surface area (Å²) in [6.07, 6.45) is -3.71. The standard InChI is InChI=1S/C10H16F2N2O6/c11-7(12)5-14(3-4-15)10(20)13-6(9(18)19)1-2-8(16)17/h6-7,15H,1-5H2,(H,13,20)(H,16,17)(H,18,19)/t6-/m0/s1. The third-order valence-corrected chi connectivity index (χ3v) is 2.26. The summed E-state index contributed by atoms with van der Waals surface area (Å²) in [5.41, 5.74) is 0. The van der Waals surface area contributed by atoms with Crippen LogP contribution in [0.5, 0.6) is 0 Å². The van der Waals surface area contributed by atoms with Gasteiger partial charge in [-0.1, -0.05) is 0 Å².